The first kappa shape index (κ1) is 19.2. The number of hydrogen-bond acceptors (Lipinski definition) is 4. The molecule has 26 heavy (non-hydrogen) atoms. The van der Waals surface area contributed by atoms with E-state index < -0.39 is 47.3 Å². The van der Waals surface area contributed by atoms with Gasteiger partial charge in [0.1, 0.15) is 0 Å². The third-order valence-electron chi connectivity index (χ3n) is 3.66. The fourth-order valence-electron chi connectivity index (χ4n) is 2.27. The monoisotopic (exact) mass is 368 g/mol. The quantitative estimate of drug-likeness (QED) is 0.474. The first-order valence-corrected chi connectivity index (χ1v) is 7.39. The number of carbonyl (C=O) groups excluding carboxylic acids is 3. The van der Waals surface area contributed by atoms with Crippen molar-refractivity contribution in [1.82, 2.24) is 15.1 Å². The van der Waals surface area contributed by atoms with Crippen LogP contribution in [0.5, 0.6) is 0 Å². The van der Waals surface area contributed by atoms with Gasteiger partial charge in [-0.2, -0.15) is 5.10 Å². The Labute approximate surface area is 146 Å². The van der Waals surface area contributed by atoms with E-state index in [1.165, 1.54) is 4.68 Å². The van der Waals surface area contributed by atoms with Gasteiger partial charge in [-0.05, 0) is 26.0 Å². The van der Waals surface area contributed by atoms with Gasteiger partial charge in [0.05, 0.1) is 23.5 Å². The standard InChI is InChI=1S/C16H15F3N4O3/c1-7-12(8(2)23(3)22-7)15(25)16(26)20-6-11(24)21-10-5-4-9(17)13(18)14(10)19/h4-5H,6H2,1-3H3,(H,20,26)(H,21,24). The van der Waals surface area contributed by atoms with Crippen LogP contribution in [0.25, 0.3) is 0 Å². The average Bonchev–Trinajstić information content (AvgIpc) is 2.84. The molecule has 2 N–H and O–H groups in total. The maximum atomic E-state index is 13.5. The molecular weight excluding hydrogens is 353 g/mol. The molecule has 1 heterocycles. The molecule has 0 spiro atoms. The van der Waals surface area contributed by atoms with E-state index >= 15 is 0 Å². The van der Waals surface area contributed by atoms with Gasteiger partial charge in [0.2, 0.25) is 5.91 Å². The minimum Gasteiger partial charge on any atom is -0.340 e. The van der Waals surface area contributed by atoms with Crippen LogP contribution in [0.4, 0.5) is 18.9 Å². The van der Waals surface area contributed by atoms with Crippen LogP contribution < -0.4 is 10.6 Å². The number of amides is 2. The summed E-state index contributed by atoms with van der Waals surface area (Å²) in [6.45, 7) is 2.51. The van der Waals surface area contributed by atoms with Gasteiger partial charge in [0.25, 0.3) is 11.7 Å². The van der Waals surface area contributed by atoms with Crippen LogP contribution in [0.1, 0.15) is 21.7 Å². The summed E-state index contributed by atoms with van der Waals surface area (Å²) in [4.78, 5) is 35.8. The van der Waals surface area contributed by atoms with Gasteiger partial charge in [-0.25, -0.2) is 13.2 Å². The van der Waals surface area contributed by atoms with Crippen molar-refractivity contribution in [3.8, 4) is 0 Å². The number of carbonyl (C=O) groups is 3. The zero-order chi connectivity index (χ0) is 19.6. The van der Waals surface area contributed by atoms with Gasteiger partial charge >= 0.3 is 0 Å². The molecule has 1 aromatic carbocycles. The number of Topliss-reactive ketones (excluding diaryl/α,β-unsaturated/α-hetero) is 1. The zero-order valence-electron chi connectivity index (χ0n) is 14.1. The molecule has 0 unspecified atom stereocenters. The SMILES string of the molecule is Cc1nn(C)c(C)c1C(=O)C(=O)NCC(=O)Nc1ccc(F)c(F)c1F. The van der Waals surface area contributed by atoms with Crippen LogP contribution in [0.2, 0.25) is 0 Å². The van der Waals surface area contributed by atoms with Crippen molar-refractivity contribution in [2.24, 2.45) is 7.05 Å². The molecule has 0 saturated heterocycles. The second-order valence-corrected chi connectivity index (χ2v) is 5.45. The molecule has 10 heteroatoms. The molecule has 0 radical (unpaired) electrons. The molecule has 138 valence electrons. The van der Waals surface area contributed by atoms with Crippen molar-refractivity contribution in [3.05, 3.63) is 46.5 Å². The molecule has 2 rings (SSSR count). The average molecular weight is 368 g/mol. The summed E-state index contributed by atoms with van der Waals surface area (Å²) in [5.74, 6) is -7.55. The number of nitrogens with one attached hydrogen (secondary N) is 2. The Morgan fingerprint density at radius 1 is 1.12 bits per heavy atom. The number of rotatable bonds is 5. The van der Waals surface area contributed by atoms with Crippen molar-refractivity contribution in [3.63, 3.8) is 0 Å². The lowest BCUT2D eigenvalue weighted by atomic mass is 10.1. The minimum atomic E-state index is -1.73. The second-order valence-electron chi connectivity index (χ2n) is 5.45. The first-order chi connectivity index (χ1) is 12.1. The molecule has 0 aliphatic heterocycles. The van der Waals surface area contributed by atoms with Crippen molar-refractivity contribution in [1.29, 1.82) is 0 Å². The maximum Gasteiger partial charge on any atom is 0.292 e. The Hall–Kier alpha value is -3.17. The van der Waals surface area contributed by atoms with Crippen LogP contribution >= 0.6 is 0 Å². The minimum absolute atomic E-state index is 0.122. The van der Waals surface area contributed by atoms with E-state index in [4.69, 9.17) is 0 Å². The molecule has 2 aromatic rings. The molecular formula is C16H15F3N4O3. The van der Waals surface area contributed by atoms with Crippen LogP contribution in [-0.2, 0) is 16.6 Å². The summed E-state index contributed by atoms with van der Waals surface area (Å²) in [6, 6.07) is 1.48. The van der Waals surface area contributed by atoms with Crippen molar-refractivity contribution >= 4 is 23.3 Å². The Kier molecular flexibility index (Phi) is 5.44. The molecule has 1 aromatic heterocycles. The lowest BCUT2D eigenvalue weighted by Gasteiger charge is -2.08. The number of anilines is 1. The van der Waals surface area contributed by atoms with Crippen molar-refractivity contribution < 1.29 is 27.6 Å². The van der Waals surface area contributed by atoms with Gasteiger partial charge in [-0.15, -0.1) is 0 Å². The maximum absolute atomic E-state index is 13.5. The normalized spacial score (nSPS) is 10.5. The number of ketones is 1. The summed E-state index contributed by atoms with van der Waals surface area (Å²) < 4.78 is 40.9. The number of aryl methyl sites for hydroxylation is 2. The third kappa shape index (κ3) is 3.73. The zero-order valence-corrected chi connectivity index (χ0v) is 14.1. The highest BCUT2D eigenvalue weighted by molar-refractivity contribution is 6.43. The summed E-state index contributed by atoms with van der Waals surface area (Å²) in [5.41, 5.74) is 0.375. The predicted octanol–water partition coefficient (Wildman–Crippen LogP) is 1.39. The highest BCUT2D eigenvalue weighted by Crippen LogP contribution is 2.19. The van der Waals surface area contributed by atoms with Gasteiger partial charge in [-0.3, -0.25) is 19.1 Å². The molecule has 2 amide bonds. The van der Waals surface area contributed by atoms with Gasteiger partial charge < -0.3 is 10.6 Å². The Morgan fingerprint density at radius 2 is 1.77 bits per heavy atom. The number of benzene rings is 1. The van der Waals surface area contributed by atoms with Crippen molar-refractivity contribution in [2.45, 2.75) is 13.8 Å². The highest BCUT2D eigenvalue weighted by Gasteiger charge is 2.24. The molecule has 0 aliphatic carbocycles. The largest absolute Gasteiger partial charge is 0.340 e. The lowest BCUT2D eigenvalue weighted by Crippen LogP contribution is -2.37. The Bertz CT molecular complexity index is 909. The van der Waals surface area contributed by atoms with Gasteiger partial charge in [-0.1, -0.05) is 0 Å². The number of hydrogen-bond donors (Lipinski definition) is 2. The van der Waals surface area contributed by atoms with E-state index in [-0.39, 0.29) is 5.56 Å². The van der Waals surface area contributed by atoms with Crippen LogP contribution in [0, 0.1) is 31.3 Å². The number of aromatic nitrogens is 2. The molecule has 0 fully saturated rings. The molecule has 0 aliphatic rings. The third-order valence-corrected chi connectivity index (χ3v) is 3.66. The first-order valence-electron chi connectivity index (χ1n) is 7.39. The Balaban J connectivity index is 2.00. The van der Waals surface area contributed by atoms with E-state index in [1.54, 1.807) is 20.9 Å². The highest BCUT2D eigenvalue weighted by atomic mass is 19.2. The topological polar surface area (TPSA) is 93.1 Å². The molecule has 0 saturated carbocycles. The van der Waals surface area contributed by atoms with Gasteiger partial charge in [0.15, 0.2) is 17.5 Å². The van der Waals surface area contributed by atoms with Crippen LogP contribution in [-0.4, -0.2) is 33.9 Å². The Morgan fingerprint density at radius 3 is 2.35 bits per heavy atom. The van der Waals surface area contributed by atoms with Crippen LogP contribution in [0.3, 0.4) is 0 Å². The van der Waals surface area contributed by atoms with E-state index in [2.05, 4.69) is 10.4 Å². The summed E-state index contributed by atoms with van der Waals surface area (Å²) in [7, 11) is 1.61. The summed E-state index contributed by atoms with van der Waals surface area (Å²) >= 11 is 0. The van der Waals surface area contributed by atoms with E-state index in [0.29, 0.717) is 17.5 Å². The molecule has 0 atom stereocenters. The summed E-state index contributed by atoms with van der Waals surface area (Å²) in [5, 5.41) is 8.08. The van der Waals surface area contributed by atoms with E-state index in [9.17, 15) is 27.6 Å². The smallest absolute Gasteiger partial charge is 0.292 e. The fourth-order valence-corrected chi connectivity index (χ4v) is 2.27. The predicted molar refractivity (Wildman–Crippen MR) is 85.0 cm³/mol. The fraction of sp³-hybridized carbons (Fsp3) is 0.250. The molecule has 7 nitrogen and oxygen atoms in total. The number of halogens is 3. The van der Waals surface area contributed by atoms with E-state index in [1.807, 2.05) is 5.32 Å². The summed E-state index contributed by atoms with van der Waals surface area (Å²) in [6.07, 6.45) is 0. The number of nitrogens with zero attached hydrogens (tertiary/aromatic N) is 2. The lowest BCUT2D eigenvalue weighted by molar-refractivity contribution is -0.121. The van der Waals surface area contributed by atoms with Crippen molar-refractivity contribution in [2.75, 3.05) is 11.9 Å². The van der Waals surface area contributed by atoms with Crippen LogP contribution in [0.15, 0.2) is 12.1 Å². The van der Waals surface area contributed by atoms with E-state index in [0.717, 1.165) is 6.07 Å². The van der Waals surface area contributed by atoms with Gasteiger partial charge in [0, 0.05) is 12.7 Å². The second kappa shape index (κ2) is 7.38. The molecule has 0 bridgehead atoms.